The molecule has 0 radical (unpaired) electrons. The molecule has 0 aliphatic carbocycles. The molecule has 0 aromatic carbocycles. The largest absolute Gasteiger partial charge is 0.490 e. The standard InChI is InChI=1S/C6H11F3N2O2S.C2HF3O2/c1-14(12,13)11-3-2-10-4-5(11)6(7,8)9;3-2(4,5)1(6)7/h5,10H,2-4H2,1H3;(H,6,7). The molecule has 0 aromatic rings. The van der Waals surface area contributed by atoms with Crippen LogP contribution in [0.3, 0.4) is 0 Å². The van der Waals surface area contributed by atoms with Gasteiger partial charge in [-0.3, -0.25) is 0 Å². The van der Waals surface area contributed by atoms with E-state index in [1.165, 1.54) is 0 Å². The Morgan fingerprint density at radius 1 is 1.24 bits per heavy atom. The number of carbonyl (C=O) groups is 1. The van der Waals surface area contributed by atoms with E-state index in [-0.39, 0.29) is 19.6 Å². The van der Waals surface area contributed by atoms with E-state index in [9.17, 15) is 34.8 Å². The Morgan fingerprint density at radius 3 is 1.90 bits per heavy atom. The molecule has 0 saturated carbocycles. The van der Waals surface area contributed by atoms with Gasteiger partial charge in [0.2, 0.25) is 10.0 Å². The number of piperazine rings is 1. The molecule has 1 saturated heterocycles. The van der Waals surface area contributed by atoms with Gasteiger partial charge in [-0.15, -0.1) is 0 Å². The van der Waals surface area contributed by atoms with Crippen molar-refractivity contribution in [2.24, 2.45) is 0 Å². The summed E-state index contributed by atoms with van der Waals surface area (Å²) in [5, 5.41) is 9.64. The second-order valence-electron chi connectivity index (χ2n) is 3.94. The van der Waals surface area contributed by atoms with Gasteiger partial charge in [0.05, 0.1) is 6.26 Å². The number of alkyl halides is 6. The van der Waals surface area contributed by atoms with Crippen molar-refractivity contribution < 1.29 is 44.7 Å². The number of carboxylic acids is 1. The van der Waals surface area contributed by atoms with Crippen LogP contribution in [0.15, 0.2) is 0 Å². The molecule has 0 aromatic heterocycles. The van der Waals surface area contributed by atoms with Crippen LogP contribution < -0.4 is 5.32 Å². The van der Waals surface area contributed by atoms with E-state index in [1.807, 2.05) is 0 Å². The highest BCUT2D eigenvalue weighted by atomic mass is 32.2. The Balaban J connectivity index is 0.000000486. The Labute approximate surface area is 115 Å². The second-order valence-corrected chi connectivity index (χ2v) is 5.87. The summed E-state index contributed by atoms with van der Waals surface area (Å²) in [5.41, 5.74) is 0. The molecule has 1 aliphatic heterocycles. The molecule has 1 heterocycles. The topological polar surface area (TPSA) is 86.7 Å². The fourth-order valence-electron chi connectivity index (χ4n) is 1.36. The van der Waals surface area contributed by atoms with Crippen LogP contribution in [0.2, 0.25) is 0 Å². The minimum absolute atomic E-state index is 0.136. The summed E-state index contributed by atoms with van der Waals surface area (Å²) in [7, 11) is -3.78. The number of sulfonamides is 1. The van der Waals surface area contributed by atoms with Gasteiger partial charge >= 0.3 is 18.3 Å². The molecule has 0 amide bonds. The summed E-state index contributed by atoms with van der Waals surface area (Å²) < 4.78 is 91.4. The average molecular weight is 346 g/mol. The van der Waals surface area contributed by atoms with Gasteiger partial charge < -0.3 is 10.4 Å². The zero-order chi connectivity index (χ0) is 17.1. The monoisotopic (exact) mass is 346 g/mol. The van der Waals surface area contributed by atoms with Crippen molar-refractivity contribution >= 4 is 16.0 Å². The van der Waals surface area contributed by atoms with E-state index in [4.69, 9.17) is 9.90 Å². The first-order valence-electron chi connectivity index (χ1n) is 5.21. The fraction of sp³-hybridized carbons (Fsp3) is 0.875. The number of carboxylic acid groups (broad SMARTS) is 1. The molecule has 126 valence electrons. The van der Waals surface area contributed by atoms with Crippen LogP contribution in [0.1, 0.15) is 0 Å². The highest BCUT2D eigenvalue weighted by Gasteiger charge is 2.47. The summed E-state index contributed by atoms with van der Waals surface area (Å²) in [6.07, 6.45) is -8.81. The van der Waals surface area contributed by atoms with Gasteiger partial charge in [-0.05, 0) is 0 Å². The smallest absolute Gasteiger partial charge is 0.475 e. The zero-order valence-electron chi connectivity index (χ0n) is 10.5. The molecular weight excluding hydrogens is 334 g/mol. The molecule has 1 aliphatic rings. The first-order valence-corrected chi connectivity index (χ1v) is 7.06. The number of nitrogens with one attached hydrogen (secondary N) is 1. The molecule has 21 heavy (non-hydrogen) atoms. The fourth-order valence-corrected chi connectivity index (χ4v) is 2.44. The van der Waals surface area contributed by atoms with E-state index in [2.05, 4.69) is 5.32 Å². The number of hydrogen-bond donors (Lipinski definition) is 2. The molecular formula is C8H12F6N2O4S. The van der Waals surface area contributed by atoms with Gasteiger partial charge in [-0.1, -0.05) is 0 Å². The highest BCUT2D eigenvalue weighted by molar-refractivity contribution is 7.88. The number of hydrogen-bond acceptors (Lipinski definition) is 4. The van der Waals surface area contributed by atoms with Crippen molar-refractivity contribution in [1.29, 1.82) is 0 Å². The molecule has 2 N–H and O–H groups in total. The Bertz CT molecular complexity index is 460. The summed E-state index contributed by atoms with van der Waals surface area (Å²) >= 11 is 0. The Kier molecular flexibility index (Phi) is 6.44. The molecule has 0 bridgehead atoms. The highest BCUT2D eigenvalue weighted by Crippen LogP contribution is 2.27. The molecule has 1 unspecified atom stereocenters. The van der Waals surface area contributed by atoms with Crippen molar-refractivity contribution in [3.63, 3.8) is 0 Å². The lowest BCUT2D eigenvalue weighted by Gasteiger charge is -2.35. The Hall–Kier alpha value is -1.08. The van der Waals surface area contributed by atoms with Crippen LogP contribution in [-0.2, 0) is 14.8 Å². The molecule has 0 spiro atoms. The average Bonchev–Trinajstić information content (AvgIpc) is 2.26. The van der Waals surface area contributed by atoms with Gasteiger partial charge in [0.25, 0.3) is 0 Å². The van der Waals surface area contributed by atoms with Crippen molar-refractivity contribution in [3.8, 4) is 0 Å². The van der Waals surface area contributed by atoms with Crippen molar-refractivity contribution in [1.82, 2.24) is 9.62 Å². The maximum absolute atomic E-state index is 12.4. The lowest BCUT2D eigenvalue weighted by Crippen LogP contribution is -2.59. The number of halogens is 6. The summed E-state index contributed by atoms with van der Waals surface area (Å²) in [4.78, 5) is 8.90. The van der Waals surface area contributed by atoms with Crippen LogP contribution in [0, 0.1) is 0 Å². The van der Waals surface area contributed by atoms with Crippen LogP contribution in [0.5, 0.6) is 0 Å². The number of nitrogens with zero attached hydrogens (tertiary/aromatic N) is 1. The van der Waals surface area contributed by atoms with E-state index in [1.54, 1.807) is 0 Å². The summed E-state index contributed by atoms with van der Waals surface area (Å²) in [5.74, 6) is -2.76. The molecule has 1 atom stereocenters. The lowest BCUT2D eigenvalue weighted by molar-refractivity contribution is -0.192. The SMILES string of the molecule is CS(=O)(=O)N1CCNCC1C(F)(F)F.O=C(O)C(F)(F)F. The zero-order valence-corrected chi connectivity index (χ0v) is 11.3. The third-order valence-corrected chi connectivity index (χ3v) is 3.53. The third kappa shape index (κ3) is 6.95. The molecule has 6 nitrogen and oxygen atoms in total. The van der Waals surface area contributed by atoms with Gasteiger partial charge in [0, 0.05) is 19.6 Å². The van der Waals surface area contributed by atoms with Crippen molar-refractivity contribution in [3.05, 3.63) is 0 Å². The number of aliphatic carboxylic acids is 1. The van der Waals surface area contributed by atoms with E-state index in [0.717, 1.165) is 6.26 Å². The van der Waals surface area contributed by atoms with Crippen LogP contribution >= 0.6 is 0 Å². The minimum Gasteiger partial charge on any atom is -0.475 e. The van der Waals surface area contributed by atoms with Crippen LogP contribution in [-0.4, -0.2) is 68.1 Å². The molecule has 1 rings (SSSR count). The predicted octanol–water partition coefficient (Wildman–Crippen LogP) is 0.415. The first kappa shape index (κ1) is 19.9. The summed E-state index contributed by atoms with van der Waals surface area (Å²) in [6.45, 7) is -0.265. The predicted molar refractivity (Wildman–Crippen MR) is 58.0 cm³/mol. The van der Waals surface area contributed by atoms with Crippen molar-refractivity contribution in [2.45, 2.75) is 18.4 Å². The lowest BCUT2D eigenvalue weighted by atomic mass is 10.2. The third-order valence-electron chi connectivity index (χ3n) is 2.24. The van der Waals surface area contributed by atoms with E-state index < -0.39 is 34.4 Å². The van der Waals surface area contributed by atoms with E-state index in [0.29, 0.717) is 4.31 Å². The number of rotatable bonds is 1. The summed E-state index contributed by atoms with van der Waals surface area (Å²) in [6, 6.07) is -1.94. The van der Waals surface area contributed by atoms with Crippen LogP contribution in [0.25, 0.3) is 0 Å². The van der Waals surface area contributed by atoms with E-state index >= 15 is 0 Å². The van der Waals surface area contributed by atoms with Crippen LogP contribution in [0.4, 0.5) is 26.3 Å². The quantitative estimate of drug-likeness (QED) is 0.672. The van der Waals surface area contributed by atoms with Crippen molar-refractivity contribution in [2.75, 3.05) is 25.9 Å². The van der Waals surface area contributed by atoms with Gasteiger partial charge in [-0.2, -0.15) is 30.6 Å². The maximum atomic E-state index is 12.4. The maximum Gasteiger partial charge on any atom is 0.490 e. The van der Waals surface area contributed by atoms with Gasteiger partial charge in [0.15, 0.2) is 0 Å². The molecule has 1 fully saturated rings. The van der Waals surface area contributed by atoms with Gasteiger partial charge in [0.1, 0.15) is 6.04 Å². The first-order chi connectivity index (χ1) is 9.17. The normalized spacial score (nSPS) is 21.4. The second kappa shape index (κ2) is 6.79. The Morgan fingerprint density at radius 2 is 1.67 bits per heavy atom. The molecule has 13 heteroatoms. The minimum atomic E-state index is -5.08. The van der Waals surface area contributed by atoms with Gasteiger partial charge in [-0.25, -0.2) is 13.2 Å².